The first kappa shape index (κ1) is 15.1. The Bertz CT molecular complexity index is 582. The number of amides is 1. The van der Waals surface area contributed by atoms with Crippen LogP contribution in [0, 0.1) is 5.92 Å². The maximum Gasteiger partial charge on any atom is 0.246 e. The first-order valence-electron chi connectivity index (χ1n) is 6.82. The third-order valence-corrected chi connectivity index (χ3v) is 2.88. The lowest BCUT2D eigenvalue weighted by atomic mass is 10.0. The van der Waals surface area contributed by atoms with E-state index in [0.29, 0.717) is 24.1 Å². The van der Waals surface area contributed by atoms with Crippen molar-refractivity contribution in [1.29, 1.82) is 0 Å². The smallest absolute Gasteiger partial charge is 0.246 e. The van der Waals surface area contributed by atoms with Crippen molar-refractivity contribution in [2.24, 2.45) is 11.7 Å². The Hall–Kier alpha value is -2.28. The molecule has 2 rings (SSSR count). The fraction of sp³-hybridized carbons (Fsp3) is 0.429. The van der Waals surface area contributed by atoms with Gasteiger partial charge in [0, 0.05) is 18.0 Å². The molecular weight excluding hydrogens is 270 g/mol. The monoisotopic (exact) mass is 289 g/mol. The van der Waals surface area contributed by atoms with Gasteiger partial charge < -0.3 is 15.6 Å². The summed E-state index contributed by atoms with van der Waals surface area (Å²) in [7, 11) is 0. The zero-order valence-corrected chi connectivity index (χ0v) is 12.1. The molecule has 0 bridgehead atoms. The molecule has 7 heteroatoms. The van der Waals surface area contributed by atoms with Crippen LogP contribution in [0.4, 0.5) is 0 Å². The first-order chi connectivity index (χ1) is 10.1. The van der Waals surface area contributed by atoms with E-state index in [1.54, 1.807) is 24.5 Å². The molecule has 0 radical (unpaired) electrons. The van der Waals surface area contributed by atoms with Gasteiger partial charge in [-0.2, -0.15) is 4.98 Å². The van der Waals surface area contributed by atoms with Crippen LogP contribution >= 0.6 is 0 Å². The van der Waals surface area contributed by atoms with Gasteiger partial charge in [-0.15, -0.1) is 0 Å². The molecule has 2 heterocycles. The van der Waals surface area contributed by atoms with E-state index in [9.17, 15) is 4.79 Å². The molecule has 7 nitrogen and oxygen atoms in total. The number of hydrogen-bond donors (Lipinski definition) is 2. The summed E-state index contributed by atoms with van der Waals surface area (Å²) >= 11 is 0. The topological polar surface area (TPSA) is 107 Å². The van der Waals surface area contributed by atoms with Crippen LogP contribution in [0.3, 0.4) is 0 Å². The Morgan fingerprint density at radius 3 is 2.76 bits per heavy atom. The third kappa shape index (κ3) is 4.35. The minimum atomic E-state index is -0.521. The number of pyridine rings is 1. The van der Waals surface area contributed by atoms with E-state index in [1.165, 1.54) is 0 Å². The Labute approximate surface area is 122 Å². The number of hydrogen-bond acceptors (Lipinski definition) is 6. The zero-order valence-electron chi connectivity index (χ0n) is 12.1. The van der Waals surface area contributed by atoms with Gasteiger partial charge in [-0.1, -0.05) is 19.0 Å². The predicted molar refractivity (Wildman–Crippen MR) is 76.8 cm³/mol. The molecule has 1 amide bonds. The Morgan fingerprint density at radius 2 is 2.10 bits per heavy atom. The van der Waals surface area contributed by atoms with E-state index >= 15 is 0 Å². The van der Waals surface area contributed by atoms with Gasteiger partial charge in [0.25, 0.3) is 0 Å². The van der Waals surface area contributed by atoms with Crippen LogP contribution in [0.5, 0.6) is 0 Å². The number of aromatic nitrogens is 3. The van der Waals surface area contributed by atoms with Crippen LogP contribution in [0.15, 0.2) is 29.0 Å². The van der Waals surface area contributed by atoms with Crippen molar-refractivity contribution in [2.45, 2.75) is 32.9 Å². The quantitative estimate of drug-likeness (QED) is 0.825. The summed E-state index contributed by atoms with van der Waals surface area (Å²) in [6.45, 7) is 4.21. The number of carbonyl (C=O) groups excluding carboxylic acids is 1. The second-order valence-corrected chi connectivity index (χ2v) is 5.20. The number of rotatable bonds is 6. The highest BCUT2D eigenvalue weighted by atomic mass is 16.5. The van der Waals surface area contributed by atoms with Gasteiger partial charge in [0.05, 0.1) is 12.6 Å². The molecule has 0 aromatic carbocycles. The molecule has 2 aromatic rings. The fourth-order valence-corrected chi connectivity index (χ4v) is 1.85. The summed E-state index contributed by atoms with van der Waals surface area (Å²) in [5.74, 6) is 0.958. The minimum absolute atomic E-state index is 0.169. The second kappa shape index (κ2) is 6.94. The lowest BCUT2D eigenvalue weighted by molar-refractivity contribution is -0.123. The van der Waals surface area contributed by atoms with E-state index in [0.717, 1.165) is 5.56 Å². The van der Waals surface area contributed by atoms with E-state index < -0.39 is 6.04 Å². The van der Waals surface area contributed by atoms with Gasteiger partial charge in [-0.3, -0.25) is 9.78 Å². The molecule has 21 heavy (non-hydrogen) atoms. The maximum absolute atomic E-state index is 11.8. The molecule has 0 aliphatic heterocycles. The van der Waals surface area contributed by atoms with Crippen LogP contribution in [0.25, 0.3) is 11.4 Å². The van der Waals surface area contributed by atoms with Crippen molar-refractivity contribution < 1.29 is 9.32 Å². The molecule has 0 fully saturated rings. The number of nitrogens with two attached hydrogens (primary N) is 1. The molecule has 2 aromatic heterocycles. The van der Waals surface area contributed by atoms with E-state index in [1.807, 2.05) is 13.8 Å². The molecule has 0 aliphatic carbocycles. The van der Waals surface area contributed by atoms with Crippen LogP contribution in [-0.4, -0.2) is 27.1 Å². The lowest BCUT2D eigenvalue weighted by Gasteiger charge is -2.12. The van der Waals surface area contributed by atoms with E-state index in [4.69, 9.17) is 10.3 Å². The summed E-state index contributed by atoms with van der Waals surface area (Å²) in [6, 6.07) is 3.05. The van der Waals surface area contributed by atoms with Crippen LogP contribution < -0.4 is 11.1 Å². The zero-order chi connectivity index (χ0) is 15.2. The largest absolute Gasteiger partial charge is 0.346 e. The Morgan fingerprint density at radius 1 is 1.38 bits per heavy atom. The predicted octanol–water partition coefficient (Wildman–Crippen LogP) is 1.12. The molecule has 112 valence electrons. The molecule has 0 aliphatic rings. The molecule has 0 spiro atoms. The average molecular weight is 289 g/mol. The van der Waals surface area contributed by atoms with Gasteiger partial charge in [-0.05, 0) is 24.5 Å². The summed E-state index contributed by atoms with van der Waals surface area (Å²) in [5, 5.41) is 6.56. The van der Waals surface area contributed by atoms with Crippen molar-refractivity contribution >= 4 is 5.91 Å². The summed E-state index contributed by atoms with van der Waals surface area (Å²) in [6.07, 6.45) is 3.94. The number of carbonyl (C=O) groups is 1. The molecule has 0 saturated carbocycles. The first-order valence-corrected chi connectivity index (χ1v) is 6.82. The summed E-state index contributed by atoms with van der Waals surface area (Å²) in [4.78, 5) is 19.9. The molecule has 0 saturated heterocycles. The highest BCUT2D eigenvalue weighted by Crippen LogP contribution is 2.13. The van der Waals surface area contributed by atoms with Crippen LogP contribution in [0.2, 0.25) is 0 Å². The normalized spacial score (nSPS) is 12.4. The summed E-state index contributed by atoms with van der Waals surface area (Å²) in [5.41, 5.74) is 6.60. The van der Waals surface area contributed by atoms with Crippen LogP contribution in [-0.2, 0) is 11.3 Å². The van der Waals surface area contributed by atoms with Gasteiger partial charge in [0.1, 0.15) is 0 Å². The maximum atomic E-state index is 11.8. The summed E-state index contributed by atoms with van der Waals surface area (Å²) < 4.78 is 5.09. The van der Waals surface area contributed by atoms with Crippen molar-refractivity contribution in [3.8, 4) is 11.4 Å². The van der Waals surface area contributed by atoms with Crippen molar-refractivity contribution in [3.63, 3.8) is 0 Å². The molecule has 3 N–H and O–H groups in total. The highest BCUT2D eigenvalue weighted by Gasteiger charge is 2.16. The van der Waals surface area contributed by atoms with E-state index in [-0.39, 0.29) is 12.5 Å². The molecular formula is C14H19N5O2. The van der Waals surface area contributed by atoms with E-state index in [2.05, 4.69) is 20.4 Å². The number of nitrogens with zero attached hydrogens (tertiary/aromatic N) is 3. The van der Waals surface area contributed by atoms with Crippen molar-refractivity contribution in [3.05, 3.63) is 30.4 Å². The molecule has 0 unspecified atom stereocenters. The van der Waals surface area contributed by atoms with Crippen LogP contribution in [0.1, 0.15) is 26.2 Å². The van der Waals surface area contributed by atoms with Crippen molar-refractivity contribution in [1.82, 2.24) is 20.4 Å². The van der Waals surface area contributed by atoms with Gasteiger partial charge in [0.15, 0.2) is 0 Å². The minimum Gasteiger partial charge on any atom is -0.346 e. The fourth-order valence-electron chi connectivity index (χ4n) is 1.85. The number of nitrogens with one attached hydrogen (secondary N) is 1. The Balaban J connectivity index is 1.90. The third-order valence-electron chi connectivity index (χ3n) is 2.88. The lowest BCUT2D eigenvalue weighted by Crippen LogP contribution is -2.41. The highest BCUT2D eigenvalue weighted by molar-refractivity contribution is 5.81. The second-order valence-electron chi connectivity index (χ2n) is 5.20. The van der Waals surface area contributed by atoms with Crippen molar-refractivity contribution in [2.75, 3.05) is 0 Å². The van der Waals surface area contributed by atoms with Gasteiger partial charge in [-0.25, -0.2) is 0 Å². The standard InChI is InChI=1S/C14H19N5O2/c1-9(2)7-11(15)14(20)17-8-12-18-13(19-21-12)10-3-5-16-6-4-10/h3-6,9,11H,7-8,15H2,1-2H3,(H,17,20)/t11-/m0/s1. The molecule has 1 atom stereocenters. The Kier molecular flexibility index (Phi) is 4.99. The van der Waals surface area contributed by atoms with Gasteiger partial charge >= 0.3 is 0 Å². The average Bonchev–Trinajstić information content (AvgIpc) is 2.94. The van der Waals surface area contributed by atoms with Gasteiger partial charge in [0.2, 0.25) is 17.6 Å². The SMILES string of the molecule is CC(C)C[C@H](N)C(=O)NCc1nc(-c2ccncc2)no1.